The van der Waals surface area contributed by atoms with Crippen LogP contribution in [0.5, 0.6) is 11.5 Å². The summed E-state index contributed by atoms with van der Waals surface area (Å²) >= 11 is 8.09. The molecule has 60 heavy (non-hydrogen) atoms. The Morgan fingerprint density at radius 1 is 1.17 bits per heavy atom. The van der Waals surface area contributed by atoms with E-state index in [0.717, 1.165) is 35.1 Å². The molecular weight excluding hydrogens is 859 g/mol. The lowest BCUT2D eigenvalue weighted by Crippen LogP contribution is -2.71. The van der Waals surface area contributed by atoms with E-state index in [-0.39, 0.29) is 51.8 Å². The number of thioether (sulfide) groups is 1. The average molecular weight is 896 g/mol. The van der Waals surface area contributed by atoms with Gasteiger partial charge < -0.3 is 55.8 Å². The second-order valence-electron chi connectivity index (χ2n) is 14.0. The number of carbonyl (C=O) groups is 6. The van der Waals surface area contributed by atoms with Gasteiger partial charge in [-0.3, -0.25) is 28.9 Å². The number of nitrogens with two attached hydrogens (primary N) is 1. The molecule has 3 aliphatic rings. The number of amides is 3. The number of nitrogens with zero attached hydrogens (tertiary/aromatic N) is 5. The lowest BCUT2D eigenvalue weighted by Gasteiger charge is -2.50. The standard InChI is InChI=1S/C35H36ClFN8O13S2/c1-2-43-11-15(26(49)20-16(43)9-17(46)27(50)21(20)37)29(51)39-5-8-45(6-3-4-7-45)12-14-13-59-32-24(31(53)44(32)25(14)34(56)57)40-30(52)23(22-28(36)60-35(38)41-22)42-58-18(33(54)55)10-19(47)48/h9,11,18,24,32H,2-8,10,12-13H2,1H3,(H8-,38,39,40,41,42,46,47,48,49,50,51,52,54,55,56,57)/p+1/t18-,24+,32+/m0/s1. The van der Waals surface area contributed by atoms with Gasteiger partial charge in [-0.25, -0.2) is 19.0 Å². The van der Waals surface area contributed by atoms with E-state index in [1.165, 1.54) is 22.5 Å². The number of fused-ring (bicyclic) bond motifs is 2. The molecule has 5 heterocycles. The van der Waals surface area contributed by atoms with Crippen molar-refractivity contribution in [1.82, 2.24) is 25.1 Å². The Morgan fingerprint density at radius 2 is 1.87 bits per heavy atom. The summed E-state index contributed by atoms with van der Waals surface area (Å²) in [6.07, 6.45) is -0.242. The number of phenols is 2. The Morgan fingerprint density at radius 3 is 2.47 bits per heavy atom. The Bertz CT molecular complexity index is 2450. The van der Waals surface area contributed by atoms with Gasteiger partial charge in [0.05, 0.1) is 43.5 Å². The van der Waals surface area contributed by atoms with Gasteiger partial charge in [0.25, 0.3) is 17.7 Å². The number of phenolic OH excluding ortho intramolecular Hbond substituents is 2. The number of anilines is 1. The van der Waals surface area contributed by atoms with Gasteiger partial charge in [0.15, 0.2) is 28.2 Å². The van der Waals surface area contributed by atoms with Gasteiger partial charge >= 0.3 is 17.9 Å². The SMILES string of the molecule is CCn1cc(C(=O)NCC[N+]2(CC3=C(C(=O)O)N4C(=O)[C@@H](NC(=O)/C(=N\O[C@@H](CC(=O)O)C(=O)O)c5nc(N)sc5Cl)[C@H]4SC3)CCCC2)c(=O)c2c(F)c(O)c(O)cc21. The monoisotopic (exact) mass is 895 g/mol. The minimum absolute atomic E-state index is 0.0158. The van der Waals surface area contributed by atoms with Gasteiger partial charge in [-0.1, -0.05) is 28.1 Å². The first-order valence-electron chi connectivity index (χ1n) is 18.1. The molecule has 3 atom stereocenters. The number of nitrogens with one attached hydrogen (secondary N) is 2. The molecule has 6 rings (SSSR count). The number of quaternary nitrogens is 1. The van der Waals surface area contributed by atoms with Crippen LogP contribution in [0.2, 0.25) is 4.34 Å². The third-order valence-corrected chi connectivity index (χ3v) is 12.7. The fraction of sp³-hybridized carbons (Fsp3) is 0.400. The minimum Gasteiger partial charge on any atom is -0.504 e. The van der Waals surface area contributed by atoms with Crippen molar-refractivity contribution in [2.75, 3.05) is 44.2 Å². The second kappa shape index (κ2) is 17.3. The number of likely N-dealkylation sites (tertiary alicyclic amines) is 1. The van der Waals surface area contributed by atoms with E-state index in [2.05, 4.69) is 20.8 Å². The van der Waals surface area contributed by atoms with E-state index in [4.69, 9.17) is 27.3 Å². The average Bonchev–Trinajstić information content (AvgIpc) is 3.79. The van der Waals surface area contributed by atoms with Gasteiger partial charge in [-0.15, -0.1) is 11.8 Å². The number of hydrogen-bond acceptors (Lipinski definition) is 15. The molecule has 1 aromatic carbocycles. The number of aromatic hydroxyl groups is 2. The zero-order chi connectivity index (χ0) is 43.8. The van der Waals surface area contributed by atoms with Crippen LogP contribution in [0.1, 0.15) is 42.2 Å². The number of pyridine rings is 1. The summed E-state index contributed by atoms with van der Waals surface area (Å²) < 4.78 is 16.5. The topological polar surface area (TPSA) is 313 Å². The summed E-state index contributed by atoms with van der Waals surface area (Å²) in [5, 5.41) is 55.7. The van der Waals surface area contributed by atoms with Crippen molar-refractivity contribution in [3.63, 3.8) is 0 Å². The Balaban J connectivity index is 1.18. The molecule has 3 aromatic rings. The van der Waals surface area contributed by atoms with Crippen LogP contribution < -0.4 is 21.8 Å². The van der Waals surface area contributed by atoms with E-state index < -0.39 is 99.0 Å². The maximum atomic E-state index is 15.0. The second-order valence-corrected chi connectivity index (χ2v) is 16.7. The van der Waals surface area contributed by atoms with Gasteiger partial charge in [0.2, 0.25) is 11.5 Å². The number of hydrogen-bond donors (Lipinski definition) is 8. The summed E-state index contributed by atoms with van der Waals surface area (Å²) in [5.74, 6) is -10.5. The summed E-state index contributed by atoms with van der Waals surface area (Å²) in [5.41, 5.74) is 3.40. The van der Waals surface area contributed by atoms with E-state index in [1.807, 2.05) is 0 Å². The van der Waals surface area contributed by atoms with Crippen LogP contribution in [-0.4, -0.2) is 142 Å². The molecule has 0 radical (unpaired) electrons. The molecule has 2 saturated heterocycles. The number of aryl methyl sites for hydroxylation is 1. The zero-order valence-electron chi connectivity index (χ0n) is 31.3. The zero-order valence-corrected chi connectivity index (χ0v) is 33.7. The van der Waals surface area contributed by atoms with Crippen molar-refractivity contribution in [3.05, 3.63) is 55.2 Å². The van der Waals surface area contributed by atoms with Crippen molar-refractivity contribution in [1.29, 1.82) is 0 Å². The van der Waals surface area contributed by atoms with Gasteiger partial charge in [0.1, 0.15) is 39.3 Å². The summed E-state index contributed by atoms with van der Waals surface area (Å²) in [4.78, 5) is 99.1. The van der Waals surface area contributed by atoms with Crippen LogP contribution in [0.25, 0.3) is 10.9 Å². The summed E-state index contributed by atoms with van der Waals surface area (Å²) in [7, 11) is 0. The summed E-state index contributed by atoms with van der Waals surface area (Å²) in [6.45, 7) is 3.58. The highest BCUT2D eigenvalue weighted by Gasteiger charge is 2.55. The largest absolute Gasteiger partial charge is 0.504 e. The number of aromatic nitrogens is 2. The van der Waals surface area contributed by atoms with E-state index in [9.17, 15) is 58.4 Å². The molecule has 2 aromatic heterocycles. The van der Waals surface area contributed by atoms with Crippen LogP contribution in [0.4, 0.5) is 9.52 Å². The van der Waals surface area contributed by atoms with Gasteiger partial charge in [0, 0.05) is 43.0 Å². The van der Waals surface area contributed by atoms with Gasteiger partial charge in [-0.05, 0) is 6.92 Å². The number of β-lactam (4-membered cyclic amide) rings is 1. The molecule has 320 valence electrons. The number of oxime groups is 1. The number of halogens is 2. The minimum atomic E-state index is -2.02. The fourth-order valence-corrected chi connectivity index (χ4v) is 9.65. The van der Waals surface area contributed by atoms with Crippen LogP contribution >= 0.6 is 34.7 Å². The molecule has 2 fully saturated rings. The molecule has 0 saturated carbocycles. The number of carboxylic acids is 3. The third-order valence-electron chi connectivity index (χ3n) is 10.2. The number of rotatable bonds is 16. The number of carboxylic acid groups (broad SMARTS) is 3. The Kier molecular flexibility index (Phi) is 12.6. The van der Waals surface area contributed by atoms with Crippen molar-refractivity contribution < 1.29 is 68.0 Å². The Hall–Kier alpha value is -5.98. The molecule has 25 heteroatoms. The first kappa shape index (κ1) is 43.6. The van der Waals surface area contributed by atoms with E-state index >= 15 is 0 Å². The number of nitrogen functional groups attached to an aromatic ring is 1. The van der Waals surface area contributed by atoms with Crippen LogP contribution in [0.3, 0.4) is 0 Å². The molecule has 0 unspecified atom stereocenters. The van der Waals surface area contributed by atoms with E-state index in [0.29, 0.717) is 29.7 Å². The fourth-order valence-electron chi connectivity index (χ4n) is 7.39. The number of carbonyl (C=O) groups excluding carboxylic acids is 3. The molecule has 0 aliphatic carbocycles. The predicted molar refractivity (Wildman–Crippen MR) is 211 cm³/mol. The first-order chi connectivity index (χ1) is 28.4. The van der Waals surface area contributed by atoms with Crippen molar-refractivity contribution in [3.8, 4) is 11.5 Å². The molecule has 9 N–H and O–H groups in total. The quantitative estimate of drug-likeness (QED) is 0.0323. The maximum absolute atomic E-state index is 15.0. The molecule has 21 nitrogen and oxygen atoms in total. The highest BCUT2D eigenvalue weighted by Crippen LogP contribution is 2.42. The lowest BCUT2D eigenvalue weighted by molar-refractivity contribution is -0.911. The first-order valence-corrected chi connectivity index (χ1v) is 20.3. The maximum Gasteiger partial charge on any atom is 0.352 e. The van der Waals surface area contributed by atoms with Crippen LogP contribution in [-0.2, 0) is 35.4 Å². The predicted octanol–water partition coefficient (Wildman–Crippen LogP) is 0.692. The molecular formula is C35H37ClFN8O13S2+. The summed E-state index contributed by atoms with van der Waals surface area (Å²) in [6, 6.07) is -0.266. The van der Waals surface area contributed by atoms with Crippen LogP contribution in [0, 0.1) is 5.82 Å². The smallest absolute Gasteiger partial charge is 0.352 e. The van der Waals surface area contributed by atoms with Crippen LogP contribution in [0.15, 0.2) is 33.5 Å². The normalized spacial score (nSPS) is 19.1. The van der Waals surface area contributed by atoms with Crippen molar-refractivity contribution >= 4 is 92.1 Å². The highest BCUT2D eigenvalue weighted by molar-refractivity contribution is 8.00. The molecule has 0 spiro atoms. The highest BCUT2D eigenvalue weighted by atomic mass is 35.5. The number of aliphatic carboxylic acids is 3. The van der Waals surface area contributed by atoms with E-state index in [1.54, 1.807) is 6.92 Å². The lowest BCUT2D eigenvalue weighted by atomic mass is 10.0. The van der Waals surface area contributed by atoms with Crippen molar-refractivity contribution in [2.24, 2.45) is 5.16 Å². The third kappa shape index (κ3) is 8.39. The molecule has 0 bridgehead atoms. The number of thiazole rings is 1. The van der Waals surface area contributed by atoms with Crippen molar-refractivity contribution in [2.45, 2.75) is 50.3 Å². The Labute approximate surface area is 350 Å². The molecule has 3 aliphatic heterocycles. The van der Waals surface area contributed by atoms with Gasteiger partial charge in [-0.2, -0.15) is 0 Å². The number of benzene rings is 1. The molecule has 3 amide bonds.